The second-order valence-corrected chi connectivity index (χ2v) is 4.50. The average Bonchev–Trinajstić information content (AvgIpc) is 2.85. The van der Waals surface area contributed by atoms with Crippen molar-refractivity contribution in [3.8, 4) is 0 Å². The minimum atomic E-state index is -0.122. The fourth-order valence-corrected chi connectivity index (χ4v) is 2.70. The topological polar surface area (TPSA) is 39.2 Å². The van der Waals surface area contributed by atoms with Crippen LogP contribution in [0.1, 0.15) is 31.2 Å². The summed E-state index contributed by atoms with van der Waals surface area (Å²) in [6.07, 6.45) is 6.41. The zero-order chi connectivity index (χ0) is 10.3. The molecule has 1 heterocycles. The molecule has 1 saturated carbocycles. The van der Waals surface area contributed by atoms with Gasteiger partial charge < -0.3 is 10.2 Å². The predicted octanol–water partition coefficient (Wildman–Crippen LogP) is 3.16. The van der Waals surface area contributed by atoms with Crippen LogP contribution in [0, 0.1) is 0 Å². The summed E-state index contributed by atoms with van der Waals surface area (Å²) >= 11 is 0. The number of benzene rings is 1. The van der Waals surface area contributed by atoms with Gasteiger partial charge in [0.25, 0.3) is 0 Å². The van der Waals surface area contributed by atoms with E-state index in [0.29, 0.717) is 0 Å². The normalized spacial score (nSPS) is 19.8. The van der Waals surface area contributed by atoms with E-state index < -0.39 is 0 Å². The lowest BCUT2D eigenvalue weighted by Crippen LogP contribution is -2.33. The van der Waals surface area contributed by atoms with Crippen molar-refractivity contribution in [2.45, 2.75) is 31.2 Å². The summed E-state index contributed by atoms with van der Waals surface area (Å²) in [6.45, 7) is 0. The van der Waals surface area contributed by atoms with Gasteiger partial charge in [-0.1, -0.05) is 25.0 Å². The van der Waals surface area contributed by atoms with E-state index >= 15 is 0 Å². The zero-order valence-corrected chi connectivity index (χ0v) is 8.70. The standard InChI is InChI=1S/C13H15NO/c14-13(7-1-2-8-13)11-4-3-5-12-10(11)6-9-15-12/h3-6,9H,1-2,7-8,14H2. The Morgan fingerprint density at radius 1 is 1.13 bits per heavy atom. The van der Waals surface area contributed by atoms with E-state index in [2.05, 4.69) is 6.07 Å². The molecular weight excluding hydrogens is 186 g/mol. The Labute approximate surface area is 89.1 Å². The Hall–Kier alpha value is -1.28. The van der Waals surface area contributed by atoms with Crippen LogP contribution in [0.4, 0.5) is 0 Å². The molecule has 1 aromatic carbocycles. The van der Waals surface area contributed by atoms with Gasteiger partial charge >= 0.3 is 0 Å². The maximum atomic E-state index is 6.46. The number of rotatable bonds is 1. The van der Waals surface area contributed by atoms with E-state index in [9.17, 15) is 0 Å². The molecule has 0 unspecified atom stereocenters. The largest absolute Gasteiger partial charge is 0.464 e. The van der Waals surface area contributed by atoms with Crippen molar-refractivity contribution in [3.63, 3.8) is 0 Å². The lowest BCUT2D eigenvalue weighted by molar-refractivity contribution is 0.465. The molecule has 1 aliphatic carbocycles. The molecule has 2 N–H and O–H groups in total. The first kappa shape index (κ1) is 8.98. The Kier molecular flexibility index (Phi) is 1.86. The molecule has 0 saturated heterocycles. The fourth-order valence-electron chi connectivity index (χ4n) is 2.70. The van der Waals surface area contributed by atoms with Crippen molar-refractivity contribution < 1.29 is 4.42 Å². The van der Waals surface area contributed by atoms with E-state index in [1.807, 2.05) is 18.2 Å². The number of hydrogen-bond acceptors (Lipinski definition) is 2. The third-order valence-corrected chi connectivity index (χ3v) is 3.53. The Morgan fingerprint density at radius 2 is 1.93 bits per heavy atom. The zero-order valence-electron chi connectivity index (χ0n) is 8.70. The van der Waals surface area contributed by atoms with Crippen LogP contribution in [0.15, 0.2) is 34.9 Å². The van der Waals surface area contributed by atoms with Crippen molar-refractivity contribution in [2.24, 2.45) is 5.73 Å². The molecular formula is C13H15NO. The molecule has 0 spiro atoms. The molecule has 15 heavy (non-hydrogen) atoms. The average molecular weight is 201 g/mol. The van der Waals surface area contributed by atoms with Gasteiger partial charge in [-0.25, -0.2) is 0 Å². The van der Waals surface area contributed by atoms with Gasteiger partial charge in [-0.3, -0.25) is 0 Å². The van der Waals surface area contributed by atoms with Crippen LogP contribution in [-0.2, 0) is 5.54 Å². The van der Waals surface area contributed by atoms with Gasteiger partial charge in [0.15, 0.2) is 0 Å². The van der Waals surface area contributed by atoms with Crippen molar-refractivity contribution >= 4 is 11.0 Å². The van der Waals surface area contributed by atoms with E-state index in [4.69, 9.17) is 10.2 Å². The number of nitrogens with two attached hydrogens (primary N) is 1. The van der Waals surface area contributed by atoms with E-state index in [0.717, 1.165) is 18.4 Å². The van der Waals surface area contributed by atoms with E-state index in [-0.39, 0.29) is 5.54 Å². The third kappa shape index (κ3) is 1.29. The SMILES string of the molecule is NC1(c2cccc3occc23)CCCC1. The van der Waals surface area contributed by atoms with Crippen LogP contribution < -0.4 is 5.73 Å². The minimum Gasteiger partial charge on any atom is -0.464 e. The number of hydrogen-bond donors (Lipinski definition) is 1. The molecule has 0 aliphatic heterocycles. The lowest BCUT2D eigenvalue weighted by atomic mass is 9.87. The van der Waals surface area contributed by atoms with Crippen LogP contribution in [0.2, 0.25) is 0 Å². The summed E-state index contributed by atoms with van der Waals surface area (Å²) in [5, 5.41) is 1.18. The van der Waals surface area contributed by atoms with Gasteiger partial charge in [-0.2, -0.15) is 0 Å². The fraction of sp³-hybridized carbons (Fsp3) is 0.385. The summed E-state index contributed by atoms with van der Waals surface area (Å²) in [5.41, 5.74) is 8.55. The Morgan fingerprint density at radius 3 is 2.73 bits per heavy atom. The Balaban J connectivity index is 2.21. The monoisotopic (exact) mass is 201 g/mol. The first-order valence-corrected chi connectivity index (χ1v) is 5.55. The smallest absolute Gasteiger partial charge is 0.134 e. The molecule has 1 aromatic heterocycles. The van der Waals surface area contributed by atoms with Crippen LogP contribution in [0.25, 0.3) is 11.0 Å². The van der Waals surface area contributed by atoms with Crippen LogP contribution in [-0.4, -0.2) is 0 Å². The summed E-state index contributed by atoms with van der Waals surface area (Å²) in [5.74, 6) is 0. The van der Waals surface area contributed by atoms with Crippen LogP contribution >= 0.6 is 0 Å². The highest BCUT2D eigenvalue weighted by molar-refractivity contribution is 5.82. The first-order valence-electron chi connectivity index (χ1n) is 5.55. The quantitative estimate of drug-likeness (QED) is 0.769. The number of fused-ring (bicyclic) bond motifs is 1. The molecule has 3 rings (SSSR count). The molecule has 0 radical (unpaired) electrons. The highest BCUT2D eigenvalue weighted by Crippen LogP contribution is 2.39. The summed E-state index contributed by atoms with van der Waals surface area (Å²) in [4.78, 5) is 0. The molecule has 1 fully saturated rings. The predicted molar refractivity (Wildman–Crippen MR) is 60.5 cm³/mol. The van der Waals surface area contributed by atoms with Gasteiger partial charge in [-0.15, -0.1) is 0 Å². The minimum absolute atomic E-state index is 0.122. The lowest BCUT2D eigenvalue weighted by Gasteiger charge is -2.24. The Bertz CT molecular complexity index is 480. The van der Waals surface area contributed by atoms with E-state index in [1.165, 1.54) is 23.8 Å². The van der Waals surface area contributed by atoms with Gasteiger partial charge in [0.05, 0.1) is 6.26 Å². The van der Waals surface area contributed by atoms with Crippen LogP contribution in [0.3, 0.4) is 0 Å². The highest BCUT2D eigenvalue weighted by atomic mass is 16.3. The molecule has 1 aliphatic rings. The van der Waals surface area contributed by atoms with E-state index in [1.54, 1.807) is 6.26 Å². The number of furan rings is 1. The molecule has 0 bridgehead atoms. The van der Waals surface area contributed by atoms with Gasteiger partial charge in [0.1, 0.15) is 5.58 Å². The van der Waals surface area contributed by atoms with Crippen molar-refractivity contribution in [3.05, 3.63) is 36.1 Å². The highest BCUT2D eigenvalue weighted by Gasteiger charge is 2.32. The summed E-state index contributed by atoms with van der Waals surface area (Å²) in [7, 11) is 0. The molecule has 0 amide bonds. The van der Waals surface area contributed by atoms with Crippen LogP contribution in [0.5, 0.6) is 0 Å². The summed E-state index contributed by atoms with van der Waals surface area (Å²) < 4.78 is 5.41. The van der Waals surface area contributed by atoms with Gasteiger partial charge in [0.2, 0.25) is 0 Å². The maximum Gasteiger partial charge on any atom is 0.134 e. The molecule has 0 atom stereocenters. The first-order chi connectivity index (χ1) is 7.30. The molecule has 78 valence electrons. The van der Waals surface area contributed by atoms with Gasteiger partial charge in [-0.05, 0) is 30.5 Å². The third-order valence-electron chi connectivity index (χ3n) is 3.53. The maximum absolute atomic E-state index is 6.46. The van der Waals surface area contributed by atoms with Crippen molar-refractivity contribution in [1.29, 1.82) is 0 Å². The second kappa shape index (κ2) is 3.11. The molecule has 2 aromatic rings. The van der Waals surface area contributed by atoms with Crippen molar-refractivity contribution in [2.75, 3.05) is 0 Å². The second-order valence-electron chi connectivity index (χ2n) is 4.50. The molecule has 2 heteroatoms. The van der Waals surface area contributed by atoms with Gasteiger partial charge in [0, 0.05) is 10.9 Å². The summed E-state index contributed by atoms with van der Waals surface area (Å²) in [6, 6.07) is 8.20. The van der Waals surface area contributed by atoms with Crippen molar-refractivity contribution in [1.82, 2.24) is 0 Å². The molecule has 2 nitrogen and oxygen atoms in total.